The van der Waals surface area contributed by atoms with Gasteiger partial charge in [-0.25, -0.2) is 0 Å². The Morgan fingerprint density at radius 1 is 1.13 bits per heavy atom. The van der Waals surface area contributed by atoms with Crippen LogP contribution >= 0.6 is 0 Å². The van der Waals surface area contributed by atoms with E-state index in [-0.39, 0.29) is 11.2 Å². The predicted molar refractivity (Wildman–Crippen MR) is 86.3 cm³/mol. The highest BCUT2D eigenvalue weighted by Gasteiger charge is 2.03. The van der Waals surface area contributed by atoms with Crippen LogP contribution in [0.3, 0.4) is 0 Å². The van der Waals surface area contributed by atoms with E-state index in [0.717, 1.165) is 11.3 Å². The fraction of sp³-hybridized carbons (Fsp3) is 0.0625. The van der Waals surface area contributed by atoms with Gasteiger partial charge in [-0.1, -0.05) is 18.2 Å². The molecule has 3 aromatic rings. The van der Waals surface area contributed by atoms with Crippen molar-refractivity contribution in [3.05, 3.63) is 84.9 Å². The Balaban J connectivity index is 1.92. The third-order valence-corrected chi connectivity index (χ3v) is 3.46. The topological polar surface area (TPSA) is 108 Å². The van der Waals surface area contributed by atoms with E-state index in [1.807, 2.05) is 18.2 Å². The van der Waals surface area contributed by atoms with Crippen molar-refractivity contribution in [3.8, 4) is 0 Å². The number of hydrogen-bond acceptors (Lipinski definition) is 3. The number of nitrogens with one attached hydrogen (secondary N) is 3. The highest BCUT2D eigenvalue weighted by Crippen LogP contribution is 2.12. The molecule has 0 fully saturated rings. The van der Waals surface area contributed by atoms with Crippen LogP contribution in [0.2, 0.25) is 0 Å². The van der Waals surface area contributed by atoms with E-state index in [4.69, 9.17) is 0 Å². The van der Waals surface area contributed by atoms with E-state index in [2.05, 4.69) is 15.2 Å². The Kier molecular flexibility index (Phi) is 3.92. The largest absolute Gasteiger partial charge is 0.362 e. The Morgan fingerprint density at radius 2 is 1.91 bits per heavy atom. The van der Waals surface area contributed by atoms with Crippen molar-refractivity contribution < 1.29 is 4.92 Å². The third kappa shape index (κ3) is 3.29. The molecule has 0 atom stereocenters. The van der Waals surface area contributed by atoms with Crippen molar-refractivity contribution >= 4 is 17.8 Å². The highest BCUT2D eigenvalue weighted by molar-refractivity contribution is 5.45. The Hall–Kier alpha value is -3.35. The average molecular weight is 310 g/mol. The van der Waals surface area contributed by atoms with Crippen LogP contribution in [0.15, 0.2) is 47.4 Å². The predicted octanol–water partition coefficient (Wildman–Crippen LogP) is 0.791. The molecule has 0 radical (unpaired) electrons. The van der Waals surface area contributed by atoms with Gasteiger partial charge in [0.2, 0.25) is 0 Å². The Morgan fingerprint density at radius 3 is 2.57 bits per heavy atom. The monoisotopic (exact) mass is 310 g/mol. The van der Waals surface area contributed by atoms with E-state index in [0.29, 0.717) is 17.0 Å². The summed E-state index contributed by atoms with van der Waals surface area (Å²) >= 11 is 0. The summed E-state index contributed by atoms with van der Waals surface area (Å²) in [7, 11) is 0. The summed E-state index contributed by atoms with van der Waals surface area (Å²) in [4.78, 5) is 25.1. The van der Waals surface area contributed by atoms with Crippen LogP contribution in [-0.4, -0.2) is 20.1 Å². The maximum Gasteiger partial charge on any atom is 0.271 e. The molecule has 2 aromatic heterocycles. The Labute approximate surface area is 130 Å². The van der Waals surface area contributed by atoms with Gasteiger partial charge in [-0.3, -0.25) is 25.1 Å². The van der Waals surface area contributed by atoms with Crippen LogP contribution in [0.1, 0.15) is 11.3 Å². The van der Waals surface area contributed by atoms with E-state index in [1.165, 1.54) is 12.1 Å². The van der Waals surface area contributed by atoms with E-state index < -0.39 is 4.92 Å². The van der Waals surface area contributed by atoms with E-state index in [9.17, 15) is 14.9 Å². The number of H-pyrrole nitrogens is 3. The number of benzene rings is 1. The minimum atomic E-state index is -0.430. The van der Waals surface area contributed by atoms with Crippen molar-refractivity contribution in [2.45, 2.75) is 6.42 Å². The number of nitro benzene ring substituents is 1. The number of hydrogen-bond donors (Lipinski definition) is 3. The third-order valence-electron chi connectivity index (χ3n) is 3.46. The smallest absolute Gasteiger partial charge is 0.271 e. The van der Waals surface area contributed by atoms with Crippen LogP contribution < -0.4 is 16.1 Å². The van der Waals surface area contributed by atoms with Gasteiger partial charge in [-0.05, 0) is 30.2 Å². The zero-order chi connectivity index (χ0) is 16.2. The van der Waals surface area contributed by atoms with Gasteiger partial charge >= 0.3 is 0 Å². The molecule has 0 amide bonds. The molecule has 0 unspecified atom stereocenters. The molecular weight excluding hydrogens is 296 g/mol. The van der Waals surface area contributed by atoms with Gasteiger partial charge in [0.1, 0.15) is 0 Å². The maximum atomic E-state index is 11.9. The maximum absolute atomic E-state index is 11.9. The van der Waals surface area contributed by atoms with Crippen LogP contribution in [-0.2, 0) is 6.42 Å². The first-order valence-corrected chi connectivity index (χ1v) is 6.99. The number of nitrogens with zero attached hydrogens (tertiary/aromatic N) is 1. The average Bonchev–Trinajstić information content (AvgIpc) is 3.18. The molecule has 7 heteroatoms. The molecule has 0 aliphatic heterocycles. The van der Waals surface area contributed by atoms with Gasteiger partial charge in [0.05, 0.1) is 15.5 Å². The van der Waals surface area contributed by atoms with Gasteiger partial charge in [0.25, 0.3) is 11.2 Å². The SMILES string of the molecule is O=c1[nH][nH]c(=CCc2ccc([N+](=O)[O-])cc2)c1=Cc1ccc[nH]1. The van der Waals surface area contributed by atoms with Crippen molar-refractivity contribution in [2.75, 3.05) is 0 Å². The summed E-state index contributed by atoms with van der Waals surface area (Å²) in [5, 5.41) is 17.3. The highest BCUT2D eigenvalue weighted by atomic mass is 16.6. The molecule has 1 aromatic carbocycles. The lowest BCUT2D eigenvalue weighted by Gasteiger charge is -1.95. The summed E-state index contributed by atoms with van der Waals surface area (Å²) in [5.41, 5.74) is 1.61. The molecule has 3 rings (SSSR count). The summed E-state index contributed by atoms with van der Waals surface area (Å²) in [5.74, 6) is 0. The number of non-ortho nitro benzene ring substituents is 1. The van der Waals surface area contributed by atoms with E-state index in [1.54, 1.807) is 24.4 Å². The van der Waals surface area contributed by atoms with Gasteiger partial charge in [-0.2, -0.15) is 0 Å². The molecule has 23 heavy (non-hydrogen) atoms. The fourth-order valence-corrected chi connectivity index (χ4v) is 2.25. The minimum absolute atomic E-state index is 0.0598. The van der Waals surface area contributed by atoms with Crippen molar-refractivity contribution in [3.63, 3.8) is 0 Å². The summed E-state index contributed by atoms with van der Waals surface area (Å²) < 4.78 is 0. The normalized spacial score (nSPS) is 12.7. The number of nitro groups is 1. The van der Waals surface area contributed by atoms with Crippen molar-refractivity contribution in [2.24, 2.45) is 0 Å². The second kappa shape index (κ2) is 6.18. The second-order valence-corrected chi connectivity index (χ2v) is 5.01. The first-order chi connectivity index (χ1) is 11.1. The van der Waals surface area contributed by atoms with Crippen LogP contribution in [0, 0.1) is 10.1 Å². The molecule has 2 heterocycles. The lowest BCUT2D eigenvalue weighted by molar-refractivity contribution is -0.384. The first-order valence-electron chi connectivity index (χ1n) is 6.99. The second-order valence-electron chi connectivity index (χ2n) is 5.01. The quantitative estimate of drug-likeness (QED) is 0.490. The molecule has 0 bridgehead atoms. The molecule has 116 valence electrons. The molecule has 0 saturated carbocycles. The van der Waals surface area contributed by atoms with Crippen LogP contribution in [0.4, 0.5) is 5.69 Å². The standard InChI is InChI=1S/C16H14N4O3/c21-16-14(10-12-2-1-9-17-12)15(18-19-16)8-5-11-3-6-13(7-4-11)20(22)23/h1-4,6-10,17-18H,5H2,(H,19,21). The lowest BCUT2D eigenvalue weighted by atomic mass is 10.1. The van der Waals surface area contributed by atoms with Crippen LogP contribution in [0.5, 0.6) is 0 Å². The summed E-state index contributed by atoms with van der Waals surface area (Å²) in [6.07, 6.45) is 5.97. The fourth-order valence-electron chi connectivity index (χ4n) is 2.25. The minimum Gasteiger partial charge on any atom is -0.362 e. The number of aromatic nitrogens is 3. The molecule has 0 saturated heterocycles. The summed E-state index contributed by atoms with van der Waals surface area (Å²) in [6, 6.07) is 10.1. The molecule has 7 nitrogen and oxygen atoms in total. The molecule has 0 spiro atoms. The molecule has 0 aliphatic rings. The van der Waals surface area contributed by atoms with Gasteiger partial charge in [0.15, 0.2) is 0 Å². The Bertz CT molecular complexity index is 979. The lowest BCUT2D eigenvalue weighted by Crippen LogP contribution is -2.33. The van der Waals surface area contributed by atoms with Crippen molar-refractivity contribution in [1.29, 1.82) is 0 Å². The molecule has 0 aliphatic carbocycles. The molecular formula is C16H14N4O3. The van der Waals surface area contributed by atoms with Crippen LogP contribution in [0.25, 0.3) is 12.2 Å². The van der Waals surface area contributed by atoms with Gasteiger partial charge < -0.3 is 4.98 Å². The zero-order valence-corrected chi connectivity index (χ0v) is 12.1. The van der Waals surface area contributed by atoms with Crippen molar-refractivity contribution in [1.82, 2.24) is 15.2 Å². The van der Waals surface area contributed by atoms with E-state index >= 15 is 0 Å². The van der Waals surface area contributed by atoms with Gasteiger partial charge in [0, 0.05) is 24.0 Å². The molecule has 3 N–H and O–H groups in total. The first kappa shape index (κ1) is 14.6. The summed E-state index contributed by atoms with van der Waals surface area (Å²) in [6.45, 7) is 0. The zero-order valence-electron chi connectivity index (χ0n) is 12.1. The number of aromatic amines is 3. The van der Waals surface area contributed by atoms with Gasteiger partial charge in [-0.15, -0.1) is 0 Å². The number of rotatable bonds is 4.